The van der Waals surface area contributed by atoms with E-state index < -0.39 is 0 Å². The van der Waals surface area contributed by atoms with Gasteiger partial charge in [0.05, 0.1) is 31.6 Å². The number of quaternary nitrogens is 1. The van der Waals surface area contributed by atoms with Crippen LogP contribution in [0.3, 0.4) is 0 Å². The first kappa shape index (κ1) is 28.7. The summed E-state index contributed by atoms with van der Waals surface area (Å²) in [5.74, 6) is -0.187. The highest BCUT2D eigenvalue weighted by Crippen LogP contribution is 2.18. The second kappa shape index (κ2) is 14.8. The van der Waals surface area contributed by atoms with Crippen molar-refractivity contribution in [3.05, 3.63) is 71.3 Å². The first-order chi connectivity index (χ1) is 15.0. The smallest absolute Gasteiger partial charge is 0.251 e. The number of nitrogens with zero attached hydrogens (tertiary/aromatic N) is 1. The lowest BCUT2D eigenvalue weighted by molar-refractivity contribution is -0.923. The molecule has 2 rings (SSSR count). The first-order valence-corrected chi connectivity index (χ1v) is 12.1. The van der Waals surface area contributed by atoms with Gasteiger partial charge in [0, 0.05) is 17.7 Å². The molecule has 1 amide bonds. The second-order valence-electron chi connectivity index (χ2n) is 7.63. The molecule has 0 aromatic heterocycles. The van der Waals surface area contributed by atoms with E-state index in [4.69, 9.17) is 4.74 Å². The van der Waals surface area contributed by atoms with Gasteiger partial charge >= 0.3 is 0 Å². The number of ketones is 1. The van der Waals surface area contributed by atoms with E-state index in [9.17, 15) is 9.59 Å². The molecule has 0 spiro atoms. The van der Waals surface area contributed by atoms with Gasteiger partial charge < -0.3 is 38.5 Å². The standard InChI is InChI=1S/C25H33BrN2O3.HI/c1-4-28(5-2,6-3)16-17-31-24(21-10-8-7-9-11-21)19-27-25(30)22-14-12-20(13-15-22)23(29)18-26;/h7-15,24H,4-6,16-19H2,1-3H3;1H. The number of carbonyl (C=O) groups is 2. The van der Waals surface area contributed by atoms with Crippen LogP contribution in [-0.2, 0) is 4.74 Å². The van der Waals surface area contributed by atoms with Gasteiger partial charge in [-0.2, -0.15) is 0 Å². The summed E-state index contributed by atoms with van der Waals surface area (Å²) in [6, 6.07) is 16.7. The number of hydrogen-bond acceptors (Lipinski definition) is 3. The molecule has 0 fully saturated rings. The van der Waals surface area contributed by atoms with E-state index in [1.807, 2.05) is 30.3 Å². The lowest BCUT2D eigenvalue weighted by atomic mass is 10.1. The SMILES string of the molecule is CC[N+](CC)(CC)CCOC(CNC(=O)c1ccc(C(=O)CBr)cc1)c1ccccc1.[I-]. The average molecular weight is 617 g/mol. The van der Waals surface area contributed by atoms with Crippen LogP contribution in [0.5, 0.6) is 0 Å². The fourth-order valence-corrected chi connectivity index (χ4v) is 3.97. The van der Waals surface area contributed by atoms with Crippen molar-refractivity contribution in [2.24, 2.45) is 0 Å². The molecular weight excluding hydrogens is 583 g/mol. The molecule has 0 aliphatic rings. The molecule has 32 heavy (non-hydrogen) atoms. The number of alkyl halides is 1. The summed E-state index contributed by atoms with van der Waals surface area (Å²) >= 11 is 3.16. The van der Waals surface area contributed by atoms with Gasteiger partial charge in [0.25, 0.3) is 5.91 Å². The minimum atomic E-state index is -0.216. The Morgan fingerprint density at radius 3 is 2.03 bits per heavy atom. The average Bonchev–Trinajstić information content (AvgIpc) is 2.84. The van der Waals surface area contributed by atoms with Gasteiger partial charge in [-0.05, 0) is 38.5 Å². The maximum absolute atomic E-state index is 12.6. The van der Waals surface area contributed by atoms with Crippen molar-refractivity contribution in [3.63, 3.8) is 0 Å². The van der Waals surface area contributed by atoms with Crippen LogP contribution in [0.4, 0.5) is 0 Å². The topological polar surface area (TPSA) is 55.4 Å². The van der Waals surface area contributed by atoms with Gasteiger partial charge in [-0.25, -0.2) is 0 Å². The minimum Gasteiger partial charge on any atom is -1.00 e. The first-order valence-electron chi connectivity index (χ1n) is 11.0. The van der Waals surface area contributed by atoms with Gasteiger partial charge in [0.2, 0.25) is 0 Å². The molecule has 2 aromatic rings. The molecule has 1 unspecified atom stereocenters. The van der Waals surface area contributed by atoms with Crippen molar-refractivity contribution in [1.29, 1.82) is 0 Å². The van der Waals surface area contributed by atoms with Gasteiger partial charge in [-0.15, -0.1) is 0 Å². The van der Waals surface area contributed by atoms with Crippen molar-refractivity contribution < 1.29 is 42.8 Å². The Hall–Kier alpha value is -1.29. The fraction of sp³-hybridized carbons (Fsp3) is 0.440. The van der Waals surface area contributed by atoms with E-state index in [0.29, 0.717) is 24.3 Å². The van der Waals surface area contributed by atoms with E-state index in [1.165, 1.54) is 0 Å². The van der Waals surface area contributed by atoms with Crippen LogP contribution in [0.1, 0.15) is 53.2 Å². The number of rotatable bonds is 13. The molecular formula is C25H34BrIN2O3. The Balaban J connectivity index is 0.00000512. The largest absolute Gasteiger partial charge is 1.00 e. The molecule has 0 saturated carbocycles. The summed E-state index contributed by atoms with van der Waals surface area (Å²) in [6.45, 7) is 11.9. The number of benzene rings is 2. The Labute approximate surface area is 217 Å². The zero-order valence-electron chi connectivity index (χ0n) is 19.2. The van der Waals surface area contributed by atoms with Crippen LogP contribution in [-0.4, -0.2) is 60.8 Å². The summed E-state index contributed by atoms with van der Waals surface area (Å²) in [4.78, 5) is 24.4. The summed E-state index contributed by atoms with van der Waals surface area (Å²) in [5, 5.41) is 3.25. The number of ether oxygens (including phenoxy) is 1. The van der Waals surface area contributed by atoms with E-state index >= 15 is 0 Å². The maximum Gasteiger partial charge on any atom is 0.251 e. The van der Waals surface area contributed by atoms with Gasteiger partial charge in [0.15, 0.2) is 5.78 Å². The number of halogens is 2. The highest BCUT2D eigenvalue weighted by atomic mass is 127. The third-order valence-corrected chi connectivity index (χ3v) is 6.62. The molecule has 0 heterocycles. The molecule has 0 aliphatic heterocycles. The third-order valence-electron chi connectivity index (χ3n) is 6.11. The third kappa shape index (κ3) is 8.24. The molecule has 5 nitrogen and oxygen atoms in total. The molecule has 176 valence electrons. The summed E-state index contributed by atoms with van der Waals surface area (Å²) < 4.78 is 7.28. The zero-order valence-corrected chi connectivity index (χ0v) is 22.9. The molecule has 1 atom stereocenters. The van der Waals surface area contributed by atoms with Crippen LogP contribution >= 0.6 is 15.9 Å². The molecule has 0 radical (unpaired) electrons. The Bertz CT molecular complexity index is 819. The lowest BCUT2D eigenvalue weighted by Crippen LogP contribution is -3.00. The van der Waals surface area contributed by atoms with Crippen molar-refractivity contribution in [2.75, 3.05) is 44.7 Å². The van der Waals surface area contributed by atoms with Crippen LogP contribution in [0.2, 0.25) is 0 Å². The van der Waals surface area contributed by atoms with Crippen LogP contribution in [0.25, 0.3) is 0 Å². The maximum atomic E-state index is 12.6. The fourth-order valence-electron chi connectivity index (χ4n) is 3.65. The van der Waals surface area contributed by atoms with Crippen LogP contribution in [0, 0.1) is 0 Å². The monoisotopic (exact) mass is 616 g/mol. The van der Waals surface area contributed by atoms with Gasteiger partial charge in [0.1, 0.15) is 12.6 Å². The van der Waals surface area contributed by atoms with Crippen LogP contribution in [0.15, 0.2) is 54.6 Å². The number of nitrogens with one attached hydrogen (secondary N) is 1. The molecule has 2 aromatic carbocycles. The Morgan fingerprint density at radius 1 is 0.938 bits per heavy atom. The zero-order chi connectivity index (χ0) is 22.7. The predicted molar refractivity (Wildman–Crippen MR) is 129 cm³/mol. The van der Waals surface area contributed by atoms with Crippen molar-refractivity contribution in [3.8, 4) is 0 Å². The predicted octanol–water partition coefficient (Wildman–Crippen LogP) is 1.63. The van der Waals surface area contributed by atoms with E-state index in [1.54, 1.807) is 24.3 Å². The van der Waals surface area contributed by atoms with Crippen molar-refractivity contribution in [1.82, 2.24) is 5.32 Å². The van der Waals surface area contributed by atoms with Crippen molar-refractivity contribution >= 4 is 27.6 Å². The summed E-state index contributed by atoms with van der Waals surface area (Å²) in [6.07, 6.45) is -0.216. The van der Waals surface area contributed by atoms with Gasteiger partial charge in [-0.3, -0.25) is 9.59 Å². The van der Waals surface area contributed by atoms with Gasteiger partial charge in [-0.1, -0.05) is 58.4 Å². The lowest BCUT2D eigenvalue weighted by Gasteiger charge is -2.36. The number of carbonyl (C=O) groups excluding carboxylic acids is 2. The Morgan fingerprint density at radius 2 is 1.50 bits per heavy atom. The number of hydrogen-bond donors (Lipinski definition) is 1. The molecule has 7 heteroatoms. The number of likely N-dealkylation sites (N-methyl/N-ethyl adjacent to an activating group) is 1. The highest BCUT2D eigenvalue weighted by molar-refractivity contribution is 9.09. The van der Waals surface area contributed by atoms with E-state index in [-0.39, 0.29) is 47.1 Å². The van der Waals surface area contributed by atoms with Crippen molar-refractivity contribution in [2.45, 2.75) is 26.9 Å². The molecule has 0 saturated heterocycles. The van der Waals surface area contributed by atoms with Crippen LogP contribution < -0.4 is 29.3 Å². The minimum absolute atomic E-state index is 0. The number of amides is 1. The molecule has 1 N–H and O–H groups in total. The second-order valence-corrected chi connectivity index (χ2v) is 8.19. The van der Waals surface area contributed by atoms with E-state index in [2.05, 4.69) is 42.0 Å². The highest BCUT2D eigenvalue weighted by Gasteiger charge is 2.22. The normalized spacial score (nSPS) is 12.0. The Kier molecular flexibility index (Phi) is 13.3. The molecule has 0 bridgehead atoms. The molecule has 0 aliphatic carbocycles. The van der Waals surface area contributed by atoms with E-state index in [0.717, 1.165) is 36.2 Å². The number of Topliss-reactive ketones (excluding diaryl/α,β-unsaturated/α-hetero) is 1. The quantitative estimate of drug-likeness (QED) is 0.161. The summed E-state index contributed by atoms with van der Waals surface area (Å²) in [5.41, 5.74) is 2.16. The summed E-state index contributed by atoms with van der Waals surface area (Å²) in [7, 11) is 0.